The highest BCUT2D eigenvalue weighted by Gasteiger charge is 2.25. The maximum absolute atomic E-state index is 11.9. The maximum atomic E-state index is 11.9. The third-order valence-corrected chi connectivity index (χ3v) is 4.30. The van der Waals surface area contributed by atoms with Gasteiger partial charge in [-0.05, 0) is 58.1 Å². The lowest BCUT2D eigenvalue weighted by atomic mass is 9.91. The fourth-order valence-corrected chi connectivity index (χ4v) is 3.08. The molecule has 0 heterocycles. The SMILES string of the molecule is CC(C)(C)OC(=O)NC1CCCC(NCc2ccccc2Cl)C1. The summed E-state index contributed by atoms with van der Waals surface area (Å²) in [6.07, 6.45) is 3.82. The van der Waals surface area contributed by atoms with Crippen molar-refractivity contribution < 1.29 is 9.53 Å². The number of nitrogens with one attached hydrogen (secondary N) is 2. The number of hydrogen-bond donors (Lipinski definition) is 2. The highest BCUT2D eigenvalue weighted by Crippen LogP contribution is 2.21. The zero-order chi connectivity index (χ0) is 16.9. The number of carbonyl (C=O) groups is 1. The molecule has 1 amide bonds. The lowest BCUT2D eigenvalue weighted by molar-refractivity contribution is 0.0488. The molecule has 5 heteroatoms. The first kappa shape index (κ1) is 18.1. The third kappa shape index (κ3) is 6.40. The summed E-state index contributed by atoms with van der Waals surface area (Å²) in [6, 6.07) is 8.44. The molecule has 2 atom stereocenters. The minimum Gasteiger partial charge on any atom is -0.444 e. The van der Waals surface area contributed by atoms with Gasteiger partial charge in [0, 0.05) is 23.7 Å². The van der Waals surface area contributed by atoms with Gasteiger partial charge in [-0.25, -0.2) is 4.79 Å². The molecule has 2 N–H and O–H groups in total. The summed E-state index contributed by atoms with van der Waals surface area (Å²) in [5.74, 6) is 0. The molecule has 0 bridgehead atoms. The Balaban J connectivity index is 1.79. The third-order valence-electron chi connectivity index (χ3n) is 3.93. The Morgan fingerprint density at radius 3 is 2.65 bits per heavy atom. The van der Waals surface area contributed by atoms with Gasteiger partial charge < -0.3 is 15.4 Å². The van der Waals surface area contributed by atoms with Crippen molar-refractivity contribution in [2.75, 3.05) is 0 Å². The van der Waals surface area contributed by atoms with Crippen molar-refractivity contribution in [3.63, 3.8) is 0 Å². The fourth-order valence-electron chi connectivity index (χ4n) is 2.88. The van der Waals surface area contributed by atoms with E-state index in [0.717, 1.165) is 42.8 Å². The van der Waals surface area contributed by atoms with Gasteiger partial charge in [-0.1, -0.05) is 29.8 Å². The lowest BCUT2D eigenvalue weighted by Gasteiger charge is -2.31. The van der Waals surface area contributed by atoms with Gasteiger partial charge in [0.2, 0.25) is 0 Å². The summed E-state index contributed by atoms with van der Waals surface area (Å²) < 4.78 is 5.33. The summed E-state index contributed by atoms with van der Waals surface area (Å²) in [5.41, 5.74) is 0.650. The van der Waals surface area contributed by atoms with Crippen molar-refractivity contribution in [1.29, 1.82) is 0 Å². The summed E-state index contributed by atoms with van der Waals surface area (Å²) in [4.78, 5) is 11.9. The molecule has 128 valence electrons. The van der Waals surface area contributed by atoms with Gasteiger partial charge in [-0.3, -0.25) is 0 Å². The predicted octanol–water partition coefficient (Wildman–Crippen LogP) is 4.27. The van der Waals surface area contributed by atoms with Crippen LogP contribution in [0.3, 0.4) is 0 Å². The topological polar surface area (TPSA) is 50.4 Å². The summed E-state index contributed by atoms with van der Waals surface area (Å²) in [7, 11) is 0. The van der Waals surface area contributed by atoms with Crippen LogP contribution in [-0.4, -0.2) is 23.8 Å². The molecule has 23 heavy (non-hydrogen) atoms. The normalized spacial score (nSPS) is 21.7. The van der Waals surface area contributed by atoms with E-state index in [1.807, 2.05) is 45.0 Å². The summed E-state index contributed by atoms with van der Waals surface area (Å²) >= 11 is 6.19. The molecular formula is C18H27ClN2O2. The Morgan fingerprint density at radius 1 is 1.26 bits per heavy atom. The van der Waals surface area contributed by atoms with Crippen molar-refractivity contribution in [1.82, 2.24) is 10.6 Å². The second-order valence-corrected chi connectivity index (χ2v) is 7.59. The zero-order valence-corrected chi connectivity index (χ0v) is 15.0. The molecule has 1 aromatic carbocycles. The highest BCUT2D eigenvalue weighted by molar-refractivity contribution is 6.31. The van der Waals surface area contributed by atoms with Crippen LogP contribution in [-0.2, 0) is 11.3 Å². The van der Waals surface area contributed by atoms with E-state index in [2.05, 4.69) is 10.6 Å². The zero-order valence-electron chi connectivity index (χ0n) is 14.2. The van der Waals surface area contributed by atoms with Crippen LogP contribution in [0.4, 0.5) is 4.79 Å². The fraction of sp³-hybridized carbons (Fsp3) is 0.611. The van der Waals surface area contributed by atoms with E-state index < -0.39 is 5.60 Å². The Labute approximate surface area is 143 Å². The molecule has 0 aliphatic heterocycles. The molecular weight excluding hydrogens is 312 g/mol. The number of hydrogen-bond acceptors (Lipinski definition) is 3. The van der Waals surface area contributed by atoms with E-state index in [0.29, 0.717) is 6.04 Å². The molecule has 0 saturated heterocycles. The first-order valence-corrected chi connectivity index (χ1v) is 8.67. The van der Waals surface area contributed by atoms with Gasteiger partial charge in [0.1, 0.15) is 5.60 Å². The van der Waals surface area contributed by atoms with Crippen LogP contribution in [0.5, 0.6) is 0 Å². The second-order valence-electron chi connectivity index (χ2n) is 7.18. The van der Waals surface area contributed by atoms with Gasteiger partial charge >= 0.3 is 6.09 Å². The highest BCUT2D eigenvalue weighted by atomic mass is 35.5. The summed E-state index contributed by atoms with van der Waals surface area (Å²) in [5, 5.41) is 7.33. The van der Waals surface area contributed by atoms with Crippen LogP contribution < -0.4 is 10.6 Å². The molecule has 1 aliphatic carbocycles. The van der Waals surface area contributed by atoms with Crippen molar-refractivity contribution in [3.8, 4) is 0 Å². The van der Waals surface area contributed by atoms with Crippen molar-refractivity contribution in [3.05, 3.63) is 34.9 Å². The molecule has 4 nitrogen and oxygen atoms in total. The molecule has 1 fully saturated rings. The smallest absolute Gasteiger partial charge is 0.407 e. The molecule has 1 aromatic rings. The Kier molecular flexibility index (Phi) is 6.31. The van der Waals surface area contributed by atoms with Gasteiger partial charge in [0.05, 0.1) is 0 Å². The van der Waals surface area contributed by atoms with Gasteiger partial charge in [0.25, 0.3) is 0 Å². The number of alkyl carbamates (subject to hydrolysis) is 1. The van der Waals surface area contributed by atoms with Crippen LogP contribution in [0.1, 0.15) is 52.0 Å². The van der Waals surface area contributed by atoms with Crippen LogP contribution in [0.15, 0.2) is 24.3 Å². The first-order chi connectivity index (χ1) is 10.8. The number of benzene rings is 1. The van der Waals surface area contributed by atoms with E-state index in [-0.39, 0.29) is 12.1 Å². The van der Waals surface area contributed by atoms with Gasteiger partial charge in [-0.2, -0.15) is 0 Å². The largest absolute Gasteiger partial charge is 0.444 e. The molecule has 1 aliphatic rings. The second kappa shape index (κ2) is 8.02. The number of halogens is 1. The quantitative estimate of drug-likeness (QED) is 0.862. The summed E-state index contributed by atoms with van der Waals surface area (Å²) in [6.45, 7) is 6.38. The number of carbonyl (C=O) groups excluding carboxylic acids is 1. The van der Waals surface area contributed by atoms with Crippen LogP contribution in [0.25, 0.3) is 0 Å². The van der Waals surface area contributed by atoms with Crippen LogP contribution in [0, 0.1) is 0 Å². The monoisotopic (exact) mass is 338 g/mol. The molecule has 2 unspecified atom stereocenters. The van der Waals surface area contributed by atoms with Gasteiger partial charge in [0.15, 0.2) is 0 Å². The lowest BCUT2D eigenvalue weighted by Crippen LogP contribution is -2.45. The molecule has 0 radical (unpaired) electrons. The average Bonchev–Trinajstić information content (AvgIpc) is 2.45. The number of rotatable bonds is 4. The number of amides is 1. The number of ether oxygens (including phenoxy) is 1. The van der Waals surface area contributed by atoms with Gasteiger partial charge in [-0.15, -0.1) is 0 Å². The predicted molar refractivity (Wildman–Crippen MR) is 93.7 cm³/mol. The standard InChI is InChI=1S/C18H27ClN2O2/c1-18(2,3)23-17(22)21-15-9-6-8-14(11-15)20-12-13-7-4-5-10-16(13)19/h4-5,7,10,14-15,20H,6,8-9,11-12H2,1-3H3,(H,21,22). The van der Waals surface area contributed by atoms with Crippen molar-refractivity contribution in [2.24, 2.45) is 0 Å². The van der Waals surface area contributed by atoms with E-state index >= 15 is 0 Å². The molecule has 1 saturated carbocycles. The van der Waals surface area contributed by atoms with Crippen LogP contribution in [0.2, 0.25) is 5.02 Å². The van der Waals surface area contributed by atoms with E-state index in [9.17, 15) is 4.79 Å². The average molecular weight is 339 g/mol. The van der Waals surface area contributed by atoms with Crippen molar-refractivity contribution >= 4 is 17.7 Å². The first-order valence-electron chi connectivity index (χ1n) is 8.30. The van der Waals surface area contributed by atoms with E-state index in [1.54, 1.807) is 0 Å². The van der Waals surface area contributed by atoms with Crippen LogP contribution >= 0.6 is 11.6 Å². The minimum atomic E-state index is -0.458. The maximum Gasteiger partial charge on any atom is 0.407 e. The molecule has 2 rings (SSSR count). The Hall–Kier alpha value is -1.26. The van der Waals surface area contributed by atoms with Crippen molar-refractivity contribution in [2.45, 2.75) is 70.7 Å². The molecule has 0 aromatic heterocycles. The molecule has 0 spiro atoms. The Bertz CT molecular complexity index is 528. The Morgan fingerprint density at radius 2 is 1.96 bits per heavy atom. The van der Waals surface area contributed by atoms with E-state index in [1.165, 1.54) is 0 Å². The minimum absolute atomic E-state index is 0.169. The van der Waals surface area contributed by atoms with E-state index in [4.69, 9.17) is 16.3 Å².